The van der Waals surface area contributed by atoms with Crippen LogP contribution in [0.25, 0.3) is 11.1 Å². The highest BCUT2D eigenvalue weighted by molar-refractivity contribution is 7.92. The van der Waals surface area contributed by atoms with E-state index in [1.807, 2.05) is 0 Å². The number of aromatic nitrogens is 1. The first-order valence-electron chi connectivity index (χ1n) is 8.44. The molecule has 0 unspecified atom stereocenters. The third-order valence-corrected chi connectivity index (χ3v) is 5.43. The number of rotatable bonds is 6. The van der Waals surface area contributed by atoms with Crippen LogP contribution in [0, 0.1) is 11.8 Å². The largest absolute Gasteiger partial charge is 0.481 e. The van der Waals surface area contributed by atoms with Crippen LogP contribution < -0.4 is 10.5 Å². The number of halogens is 1. The van der Waals surface area contributed by atoms with Crippen molar-refractivity contribution in [2.75, 3.05) is 10.5 Å². The van der Waals surface area contributed by atoms with E-state index < -0.39 is 16.0 Å². The average Bonchev–Trinajstić information content (AvgIpc) is 3.02. The highest BCUT2D eigenvalue weighted by Crippen LogP contribution is 2.25. The predicted octanol–water partition coefficient (Wildman–Crippen LogP) is 3.47. The van der Waals surface area contributed by atoms with E-state index >= 15 is 0 Å². The molecule has 3 aromatic rings. The van der Waals surface area contributed by atoms with Gasteiger partial charge in [-0.25, -0.2) is 8.42 Å². The number of nitrogen functional groups attached to an aromatic ring is 1. The molecule has 1 heterocycles. The van der Waals surface area contributed by atoms with Crippen LogP contribution in [-0.4, -0.2) is 24.5 Å². The van der Waals surface area contributed by atoms with Gasteiger partial charge in [-0.2, -0.15) is 4.98 Å². The lowest BCUT2D eigenvalue weighted by molar-refractivity contribution is -0.137. The maximum absolute atomic E-state index is 12.8. The van der Waals surface area contributed by atoms with E-state index in [4.69, 9.17) is 26.9 Å². The Morgan fingerprint density at radius 1 is 1.28 bits per heavy atom. The number of nitrogens with two attached hydrogens (primary N) is 1. The standard InChI is InChI=1S/C19H16ClN3O5S/c20-13-6-8-15(12(10-13)4-2-1-3-5-18(24)25)23-29(26,27)14-7-9-16-17(11-14)28-19(21)22-16/h6-11,23H,1,3,5H2,(H2,21,22)(H,24,25). The molecule has 2 aromatic carbocycles. The Kier molecular flexibility index (Phi) is 5.96. The lowest BCUT2D eigenvalue weighted by Gasteiger charge is -2.10. The number of nitrogens with zero attached hydrogens (tertiary/aromatic N) is 1. The Hall–Kier alpha value is -3.22. The SMILES string of the molecule is Nc1nc2ccc(S(=O)(=O)Nc3ccc(Cl)cc3C#CCCCC(=O)O)cc2o1. The van der Waals surface area contributed by atoms with Gasteiger partial charge in [-0.3, -0.25) is 9.52 Å². The molecule has 4 N–H and O–H groups in total. The van der Waals surface area contributed by atoms with Crippen molar-refractivity contribution in [1.29, 1.82) is 0 Å². The van der Waals surface area contributed by atoms with Gasteiger partial charge in [0.25, 0.3) is 16.0 Å². The van der Waals surface area contributed by atoms with Gasteiger partial charge in [-0.05, 0) is 36.8 Å². The summed E-state index contributed by atoms with van der Waals surface area (Å²) in [5, 5.41) is 9.04. The molecule has 1 aromatic heterocycles. The first-order valence-corrected chi connectivity index (χ1v) is 10.3. The number of nitrogens with one attached hydrogen (secondary N) is 1. The van der Waals surface area contributed by atoms with E-state index in [1.54, 1.807) is 0 Å². The molecular weight excluding hydrogens is 418 g/mol. The van der Waals surface area contributed by atoms with Crippen LogP contribution in [0.1, 0.15) is 24.8 Å². The molecule has 0 aliphatic rings. The number of sulfonamides is 1. The molecule has 8 nitrogen and oxygen atoms in total. The molecular formula is C19H16ClN3O5S. The van der Waals surface area contributed by atoms with E-state index in [0.29, 0.717) is 28.9 Å². The minimum atomic E-state index is -3.94. The van der Waals surface area contributed by atoms with Crippen molar-refractivity contribution in [3.05, 3.63) is 47.0 Å². The first kappa shape index (κ1) is 20.5. The number of hydrogen-bond donors (Lipinski definition) is 3. The van der Waals surface area contributed by atoms with E-state index in [2.05, 4.69) is 21.5 Å². The van der Waals surface area contributed by atoms with Gasteiger partial charge >= 0.3 is 5.97 Å². The number of anilines is 2. The van der Waals surface area contributed by atoms with Crippen LogP contribution in [0.4, 0.5) is 11.7 Å². The molecule has 0 amide bonds. The van der Waals surface area contributed by atoms with Crippen molar-refractivity contribution in [1.82, 2.24) is 4.98 Å². The summed E-state index contributed by atoms with van der Waals surface area (Å²) in [7, 11) is -3.94. The summed E-state index contributed by atoms with van der Waals surface area (Å²) < 4.78 is 33.2. The number of carboxylic acids is 1. The number of oxazole rings is 1. The van der Waals surface area contributed by atoms with Gasteiger partial charge in [0.05, 0.1) is 16.1 Å². The second kappa shape index (κ2) is 8.43. The van der Waals surface area contributed by atoms with E-state index in [-0.39, 0.29) is 28.6 Å². The second-order valence-corrected chi connectivity index (χ2v) is 8.14. The maximum atomic E-state index is 12.8. The highest BCUT2D eigenvalue weighted by Gasteiger charge is 2.18. The van der Waals surface area contributed by atoms with Crippen LogP contribution in [0.3, 0.4) is 0 Å². The average molecular weight is 434 g/mol. The van der Waals surface area contributed by atoms with Crippen molar-refractivity contribution in [2.45, 2.75) is 24.2 Å². The molecule has 29 heavy (non-hydrogen) atoms. The zero-order chi connectivity index (χ0) is 21.0. The summed E-state index contributed by atoms with van der Waals surface area (Å²) >= 11 is 6.00. The first-order chi connectivity index (χ1) is 13.7. The minimum absolute atomic E-state index is 0.0122. The fourth-order valence-electron chi connectivity index (χ4n) is 2.49. The van der Waals surface area contributed by atoms with Crippen LogP contribution in [0.5, 0.6) is 0 Å². The highest BCUT2D eigenvalue weighted by atomic mass is 35.5. The third kappa shape index (κ3) is 5.19. The van der Waals surface area contributed by atoms with Crippen molar-refractivity contribution in [3.63, 3.8) is 0 Å². The molecule has 0 fully saturated rings. The van der Waals surface area contributed by atoms with Gasteiger partial charge in [0.15, 0.2) is 5.58 Å². The van der Waals surface area contributed by atoms with Gasteiger partial charge in [-0.15, -0.1) is 0 Å². The summed E-state index contributed by atoms with van der Waals surface area (Å²) in [5.41, 5.74) is 6.81. The zero-order valence-electron chi connectivity index (χ0n) is 15.0. The number of fused-ring (bicyclic) bond motifs is 1. The number of unbranched alkanes of at least 4 members (excludes halogenated alkanes) is 1. The van der Waals surface area contributed by atoms with Crippen LogP contribution in [-0.2, 0) is 14.8 Å². The molecule has 0 aliphatic carbocycles. The number of carboxylic acid groups (broad SMARTS) is 1. The number of carbonyl (C=O) groups is 1. The minimum Gasteiger partial charge on any atom is -0.481 e. The number of aliphatic carboxylic acids is 1. The van der Waals surface area contributed by atoms with E-state index in [9.17, 15) is 13.2 Å². The summed E-state index contributed by atoms with van der Waals surface area (Å²) in [5.74, 6) is 4.77. The molecule has 0 spiro atoms. The third-order valence-electron chi connectivity index (χ3n) is 3.83. The Labute approximate surface area is 171 Å². The van der Waals surface area contributed by atoms with Gasteiger partial charge in [-0.1, -0.05) is 23.4 Å². The molecule has 3 rings (SSSR count). The molecule has 0 aliphatic heterocycles. The molecule has 0 atom stereocenters. The Morgan fingerprint density at radius 3 is 2.83 bits per heavy atom. The van der Waals surface area contributed by atoms with E-state index in [1.165, 1.54) is 36.4 Å². The number of benzene rings is 2. The fourth-order valence-corrected chi connectivity index (χ4v) is 3.76. The molecule has 10 heteroatoms. The molecule has 150 valence electrons. The fraction of sp³-hybridized carbons (Fsp3) is 0.158. The van der Waals surface area contributed by atoms with Gasteiger partial charge in [0, 0.05) is 23.9 Å². The summed E-state index contributed by atoms with van der Waals surface area (Å²) in [6, 6.07) is 8.73. The molecule has 0 saturated carbocycles. The van der Waals surface area contributed by atoms with Gasteiger partial charge in [0.1, 0.15) is 5.52 Å². The summed E-state index contributed by atoms with van der Waals surface area (Å²) in [4.78, 5) is 14.4. The smallest absolute Gasteiger partial charge is 0.303 e. The Balaban J connectivity index is 1.86. The second-order valence-electron chi connectivity index (χ2n) is 6.03. The lowest BCUT2D eigenvalue weighted by Crippen LogP contribution is -2.13. The molecule has 0 saturated heterocycles. The van der Waals surface area contributed by atoms with Crippen molar-refractivity contribution < 1.29 is 22.7 Å². The van der Waals surface area contributed by atoms with Crippen molar-refractivity contribution in [2.24, 2.45) is 0 Å². The van der Waals surface area contributed by atoms with Crippen LogP contribution >= 0.6 is 11.6 Å². The summed E-state index contributed by atoms with van der Waals surface area (Å²) in [6.07, 6.45) is 0.761. The predicted molar refractivity (Wildman–Crippen MR) is 109 cm³/mol. The lowest BCUT2D eigenvalue weighted by atomic mass is 10.1. The zero-order valence-corrected chi connectivity index (χ0v) is 16.5. The van der Waals surface area contributed by atoms with Crippen molar-refractivity contribution >= 4 is 50.4 Å². The molecule has 0 radical (unpaired) electrons. The topological polar surface area (TPSA) is 136 Å². The molecule has 0 bridgehead atoms. The van der Waals surface area contributed by atoms with Crippen LogP contribution in [0.15, 0.2) is 45.7 Å². The normalized spacial score (nSPS) is 11.1. The van der Waals surface area contributed by atoms with Crippen LogP contribution in [0.2, 0.25) is 5.02 Å². The Bertz CT molecular complexity index is 1240. The summed E-state index contributed by atoms with van der Waals surface area (Å²) in [6.45, 7) is 0. The number of hydrogen-bond acceptors (Lipinski definition) is 6. The van der Waals surface area contributed by atoms with E-state index in [0.717, 1.165) is 0 Å². The maximum Gasteiger partial charge on any atom is 0.303 e. The monoisotopic (exact) mass is 433 g/mol. The van der Waals surface area contributed by atoms with Gasteiger partial charge in [0.2, 0.25) is 0 Å². The Morgan fingerprint density at radius 2 is 2.07 bits per heavy atom. The van der Waals surface area contributed by atoms with Gasteiger partial charge < -0.3 is 15.3 Å². The van der Waals surface area contributed by atoms with Crippen molar-refractivity contribution in [3.8, 4) is 11.8 Å². The quantitative estimate of drug-likeness (QED) is 0.400.